The highest BCUT2D eigenvalue weighted by Crippen LogP contribution is 2.29. The zero-order valence-electron chi connectivity index (χ0n) is 11.3. The van der Waals surface area contributed by atoms with Crippen LogP contribution in [0.3, 0.4) is 0 Å². The van der Waals surface area contributed by atoms with Gasteiger partial charge in [0.15, 0.2) is 0 Å². The van der Waals surface area contributed by atoms with Gasteiger partial charge in [-0.1, -0.05) is 24.3 Å². The van der Waals surface area contributed by atoms with E-state index in [1.807, 2.05) is 6.07 Å². The largest absolute Gasteiger partial charge is 0.507 e. The van der Waals surface area contributed by atoms with Crippen molar-refractivity contribution in [2.24, 2.45) is 5.73 Å². The second-order valence-electron chi connectivity index (χ2n) is 4.56. The Morgan fingerprint density at radius 1 is 1.30 bits per heavy atom. The normalized spacial score (nSPS) is 12.3. The molecule has 0 heterocycles. The molecule has 106 valence electrons. The number of aromatic hydroxyl groups is 1. The van der Waals surface area contributed by atoms with Gasteiger partial charge in [-0.25, -0.2) is 0 Å². The molecular formula is C15H18N2O3. The predicted octanol–water partition coefficient (Wildman–Crippen LogP) is 1.85. The zero-order valence-corrected chi connectivity index (χ0v) is 11.3. The van der Waals surface area contributed by atoms with Crippen molar-refractivity contribution in [3.63, 3.8) is 0 Å². The molecule has 0 bridgehead atoms. The van der Waals surface area contributed by atoms with Gasteiger partial charge in [-0.2, -0.15) is 0 Å². The first-order valence-electron chi connectivity index (χ1n) is 6.39. The van der Waals surface area contributed by atoms with Crippen LogP contribution in [0, 0.1) is 0 Å². The van der Waals surface area contributed by atoms with Gasteiger partial charge in [-0.15, -0.1) is 0 Å². The molecule has 5 nitrogen and oxygen atoms in total. The summed E-state index contributed by atoms with van der Waals surface area (Å²) in [5, 5.41) is 14.1. The lowest BCUT2D eigenvalue weighted by atomic mass is 10.1. The summed E-state index contributed by atoms with van der Waals surface area (Å²) in [7, 11) is 1.57. The predicted molar refractivity (Wildman–Crippen MR) is 78.7 cm³/mol. The summed E-state index contributed by atoms with van der Waals surface area (Å²) in [5.41, 5.74) is 6.42. The van der Waals surface area contributed by atoms with Crippen LogP contribution in [0.25, 0.3) is 10.8 Å². The maximum absolute atomic E-state index is 12.0. The lowest BCUT2D eigenvalue weighted by molar-refractivity contribution is -0.117. The Kier molecular flexibility index (Phi) is 4.55. The molecule has 0 saturated carbocycles. The Morgan fingerprint density at radius 3 is 2.75 bits per heavy atom. The maximum Gasteiger partial charge on any atom is 0.241 e. The van der Waals surface area contributed by atoms with Crippen LogP contribution < -0.4 is 11.1 Å². The molecule has 0 radical (unpaired) electrons. The molecule has 0 fully saturated rings. The summed E-state index contributed by atoms with van der Waals surface area (Å²) in [6, 6.07) is 9.91. The van der Waals surface area contributed by atoms with Crippen molar-refractivity contribution in [1.82, 2.24) is 0 Å². The number of benzene rings is 2. The fourth-order valence-electron chi connectivity index (χ4n) is 2.00. The van der Waals surface area contributed by atoms with Crippen LogP contribution in [-0.4, -0.2) is 30.8 Å². The molecule has 0 spiro atoms. The molecule has 4 N–H and O–H groups in total. The number of nitrogens with two attached hydrogens (primary N) is 1. The number of hydrogen-bond acceptors (Lipinski definition) is 4. The van der Waals surface area contributed by atoms with Crippen LogP contribution in [0.4, 0.5) is 5.69 Å². The molecule has 2 aromatic rings. The van der Waals surface area contributed by atoms with Gasteiger partial charge in [-0.05, 0) is 18.6 Å². The standard InChI is InChI=1S/C15H18N2O3/c1-20-9-8-12(16)15(19)17-13-6-2-5-11-10(13)4-3-7-14(11)18/h2-7,12,18H,8-9,16H2,1H3,(H,17,19). The number of hydrogen-bond donors (Lipinski definition) is 3. The summed E-state index contributed by atoms with van der Waals surface area (Å²) in [6.07, 6.45) is 0.457. The van der Waals surface area contributed by atoms with Gasteiger partial charge in [0.05, 0.1) is 6.04 Å². The Hall–Kier alpha value is -2.11. The summed E-state index contributed by atoms with van der Waals surface area (Å²) in [6.45, 7) is 0.435. The maximum atomic E-state index is 12.0. The molecule has 0 aliphatic heterocycles. The number of nitrogens with one attached hydrogen (secondary N) is 1. The van der Waals surface area contributed by atoms with Crippen molar-refractivity contribution in [3.05, 3.63) is 36.4 Å². The number of carbonyl (C=O) groups is 1. The minimum absolute atomic E-state index is 0.183. The highest BCUT2D eigenvalue weighted by molar-refractivity contribution is 6.05. The highest BCUT2D eigenvalue weighted by Gasteiger charge is 2.14. The van der Waals surface area contributed by atoms with Crippen LogP contribution in [0.5, 0.6) is 5.75 Å². The Bertz CT molecular complexity index is 613. The van der Waals surface area contributed by atoms with Crippen LogP contribution >= 0.6 is 0 Å². The third-order valence-electron chi connectivity index (χ3n) is 3.13. The molecule has 1 atom stereocenters. The van der Waals surface area contributed by atoms with Crippen LogP contribution in [0.1, 0.15) is 6.42 Å². The summed E-state index contributed by atoms with van der Waals surface area (Å²) in [5.74, 6) is -0.0832. The van der Waals surface area contributed by atoms with Gasteiger partial charge >= 0.3 is 0 Å². The SMILES string of the molecule is COCCC(N)C(=O)Nc1cccc2c(O)cccc12. The number of amides is 1. The fraction of sp³-hybridized carbons (Fsp3) is 0.267. The minimum atomic E-state index is -0.623. The monoisotopic (exact) mass is 274 g/mol. The average molecular weight is 274 g/mol. The quantitative estimate of drug-likeness (QED) is 0.776. The van der Waals surface area contributed by atoms with E-state index < -0.39 is 6.04 Å². The first-order valence-corrected chi connectivity index (χ1v) is 6.39. The molecule has 1 unspecified atom stereocenters. The highest BCUT2D eigenvalue weighted by atomic mass is 16.5. The molecule has 0 aliphatic carbocycles. The number of carbonyl (C=O) groups excluding carboxylic acids is 1. The van der Waals surface area contributed by atoms with Gasteiger partial charge in [-0.3, -0.25) is 4.79 Å². The van der Waals surface area contributed by atoms with Crippen LogP contribution in [0.2, 0.25) is 0 Å². The lowest BCUT2D eigenvalue weighted by Gasteiger charge is -2.13. The number of methoxy groups -OCH3 is 1. The van der Waals surface area contributed by atoms with E-state index in [2.05, 4.69) is 5.32 Å². The molecule has 2 rings (SSSR count). The summed E-state index contributed by atoms with van der Waals surface area (Å²) < 4.78 is 4.91. The number of phenols is 1. The van der Waals surface area contributed by atoms with E-state index >= 15 is 0 Å². The van der Waals surface area contributed by atoms with Crippen molar-refractivity contribution >= 4 is 22.4 Å². The second-order valence-corrected chi connectivity index (χ2v) is 4.56. The zero-order chi connectivity index (χ0) is 14.5. The van der Waals surface area contributed by atoms with Gasteiger partial charge in [0.2, 0.25) is 5.91 Å². The van der Waals surface area contributed by atoms with E-state index in [9.17, 15) is 9.90 Å². The van der Waals surface area contributed by atoms with Crippen molar-refractivity contribution < 1.29 is 14.6 Å². The third kappa shape index (κ3) is 3.07. The van der Waals surface area contributed by atoms with Crippen molar-refractivity contribution in [2.45, 2.75) is 12.5 Å². The molecule has 5 heteroatoms. The number of anilines is 1. The molecule has 2 aromatic carbocycles. The minimum Gasteiger partial charge on any atom is -0.507 e. The number of rotatable bonds is 5. The van der Waals surface area contributed by atoms with E-state index in [1.54, 1.807) is 37.4 Å². The molecule has 0 aliphatic rings. The Balaban J connectivity index is 2.22. The Morgan fingerprint density at radius 2 is 2.00 bits per heavy atom. The lowest BCUT2D eigenvalue weighted by Crippen LogP contribution is -2.36. The van der Waals surface area contributed by atoms with Crippen molar-refractivity contribution in [1.29, 1.82) is 0 Å². The van der Waals surface area contributed by atoms with Crippen molar-refractivity contribution in [3.8, 4) is 5.75 Å². The smallest absolute Gasteiger partial charge is 0.241 e. The molecule has 0 saturated heterocycles. The van der Waals surface area contributed by atoms with E-state index in [1.165, 1.54) is 0 Å². The molecule has 20 heavy (non-hydrogen) atoms. The second kappa shape index (κ2) is 6.36. The summed E-state index contributed by atoms with van der Waals surface area (Å²) >= 11 is 0. The van der Waals surface area contributed by atoms with Gasteiger partial charge < -0.3 is 20.9 Å². The van der Waals surface area contributed by atoms with E-state index in [0.717, 1.165) is 5.39 Å². The Labute approximate surface area is 117 Å². The average Bonchev–Trinajstić information content (AvgIpc) is 2.45. The van der Waals surface area contributed by atoms with Gasteiger partial charge in [0.1, 0.15) is 5.75 Å². The van der Waals surface area contributed by atoms with Gasteiger partial charge in [0, 0.05) is 30.2 Å². The first kappa shape index (κ1) is 14.3. The fourth-order valence-corrected chi connectivity index (χ4v) is 2.00. The molecule has 1 amide bonds. The number of phenolic OH excluding ortho intramolecular Hbond substituents is 1. The third-order valence-corrected chi connectivity index (χ3v) is 3.13. The molecular weight excluding hydrogens is 256 g/mol. The van der Waals surface area contributed by atoms with E-state index in [0.29, 0.717) is 24.1 Å². The van der Waals surface area contributed by atoms with E-state index in [4.69, 9.17) is 10.5 Å². The summed E-state index contributed by atoms with van der Waals surface area (Å²) in [4.78, 5) is 12.0. The first-order chi connectivity index (χ1) is 9.63. The number of ether oxygens (including phenoxy) is 1. The topological polar surface area (TPSA) is 84.6 Å². The number of fused-ring (bicyclic) bond motifs is 1. The van der Waals surface area contributed by atoms with Gasteiger partial charge in [0.25, 0.3) is 0 Å². The van der Waals surface area contributed by atoms with Crippen LogP contribution in [0.15, 0.2) is 36.4 Å². The van der Waals surface area contributed by atoms with Crippen molar-refractivity contribution in [2.75, 3.05) is 19.0 Å². The van der Waals surface area contributed by atoms with E-state index in [-0.39, 0.29) is 11.7 Å². The molecule has 0 aromatic heterocycles. The van der Waals surface area contributed by atoms with Crippen LogP contribution in [-0.2, 0) is 9.53 Å².